The Labute approximate surface area is 184 Å². The van der Waals surface area contributed by atoms with E-state index in [0.717, 1.165) is 22.6 Å². The second-order valence-corrected chi connectivity index (χ2v) is 9.49. The monoisotopic (exact) mass is 439 g/mol. The Kier molecular flexibility index (Phi) is 5.38. The van der Waals surface area contributed by atoms with Crippen molar-refractivity contribution in [3.63, 3.8) is 0 Å². The van der Waals surface area contributed by atoms with Gasteiger partial charge in [-0.15, -0.1) is 0 Å². The molecule has 0 bridgehead atoms. The molecule has 1 atom stereocenters. The number of carbonyl (C=O) groups is 2. The lowest BCUT2D eigenvalue weighted by atomic mass is 10.2. The highest BCUT2D eigenvalue weighted by Crippen LogP contribution is 2.60. The van der Waals surface area contributed by atoms with Gasteiger partial charge in [-0.1, -0.05) is 48.2 Å². The van der Waals surface area contributed by atoms with Crippen molar-refractivity contribution in [1.29, 1.82) is 0 Å². The molecule has 8 heteroatoms. The Balaban J connectivity index is 1.94. The number of benzene rings is 2. The van der Waals surface area contributed by atoms with Crippen LogP contribution in [0.4, 0.5) is 11.4 Å². The molecule has 1 spiro atoms. The standard InChI is InChI=1S/C22H21N3O3S2/c1-14-10-8-9-13-18(14)25-22(30-20(23-25)21(27)28-4)24(17-11-6-5-7-12-17)15(2)19(29-22)16(3)26/h5-13H,1-4H3. The van der Waals surface area contributed by atoms with Gasteiger partial charge < -0.3 is 9.64 Å². The number of thioether (sulfide) groups is 2. The normalized spacial score (nSPS) is 20.7. The maximum atomic E-state index is 12.5. The van der Waals surface area contributed by atoms with E-state index in [1.165, 1.54) is 30.6 Å². The Bertz CT molecular complexity index is 1080. The maximum Gasteiger partial charge on any atom is 0.365 e. The second-order valence-electron chi connectivity index (χ2n) is 6.89. The predicted octanol–water partition coefficient (Wildman–Crippen LogP) is 4.72. The van der Waals surface area contributed by atoms with E-state index in [1.54, 1.807) is 6.92 Å². The van der Waals surface area contributed by atoms with Gasteiger partial charge in [0, 0.05) is 11.4 Å². The first-order valence-electron chi connectivity index (χ1n) is 9.37. The summed E-state index contributed by atoms with van der Waals surface area (Å²) in [7, 11) is 1.34. The van der Waals surface area contributed by atoms with Crippen LogP contribution >= 0.6 is 23.5 Å². The van der Waals surface area contributed by atoms with Crippen molar-refractivity contribution in [3.05, 3.63) is 70.8 Å². The summed E-state index contributed by atoms with van der Waals surface area (Å²) in [5.41, 5.74) is 3.60. The summed E-state index contributed by atoms with van der Waals surface area (Å²) in [4.78, 5) is 27.7. The zero-order valence-electron chi connectivity index (χ0n) is 17.1. The van der Waals surface area contributed by atoms with Gasteiger partial charge in [-0.3, -0.25) is 4.79 Å². The highest BCUT2D eigenvalue weighted by atomic mass is 32.2. The summed E-state index contributed by atoms with van der Waals surface area (Å²) in [6, 6.07) is 17.7. The molecule has 4 rings (SSSR count). The molecular weight excluding hydrogens is 418 g/mol. The van der Waals surface area contributed by atoms with E-state index in [2.05, 4.69) is 10.0 Å². The average Bonchev–Trinajstić information content (AvgIpc) is 3.26. The molecule has 0 radical (unpaired) electrons. The molecule has 154 valence electrons. The summed E-state index contributed by atoms with van der Waals surface area (Å²) in [6.07, 6.45) is 0. The number of rotatable bonds is 4. The number of allylic oxidation sites excluding steroid dienone is 2. The van der Waals surface area contributed by atoms with E-state index in [-0.39, 0.29) is 10.8 Å². The van der Waals surface area contributed by atoms with Crippen molar-refractivity contribution in [3.8, 4) is 0 Å². The summed E-state index contributed by atoms with van der Waals surface area (Å²) >= 11 is 2.69. The average molecular weight is 440 g/mol. The molecule has 0 amide bonds. The summed E-state index contributed by atoms with van der Waals surface area (Å²) in [5, 5.41) is 6.74. The van der Waals surface area contributed by atoms with Crippen LogP contribution in [0.2, 0.25) is 0 Å². The zero-order valence-corrected chi connectivity index (χ0v) is 18.7. The highest BCUT2D eigenvalue weighted by Gasteiger charge is 2.58. The van der Waals surface area contributed by atoms with Gasteiger partial charge in [0.05, 0.1) is 17.7 Å². The van der Waals surface area contributed by atoms with Gasteiger partial charge in [0.15, 0.2) is 5.78 Å². The van der Waals surface area contributed by atoms with Crippen molar-refractivity contribution < 1.29 is 14.3 Å². The largest absolute Gasteiger partial charge is 0.464 e. The number of esters is 1. The van der Waals surface area contributed by atoms with Gasteiger partial charge >= 0.3 is 5.97 Å². The van der Waals surface area contributed by atoms with Crippen molar-refractivity contribution in [2.75, 3.05) is 17.0 Å². The third kappa shape index (κ3) is 3.20. The minimum absolute atomic E-state index is 0.0212. The van der Waals surface area contributed by atoms with Crippen molar-refractivity contribution in [2.24, 2.45) is 5.10 Å². The number of para-hydroxylation sites is 2. The number of hydrazone groups is 1. The molecule has 2 heterocycles. The summed E-state index contributed by atoms with van der Waals surface area (Å²) < 4.78 is 4.07. The summed E-state index contributed by atoms with van der Waals surface area (Å²) in [5.74, 6) is -0.523. The molecule has 2 aromatic rings. The molecule has 0 saturated carbocycles. The lowest BCUT2D eigenvalue weighted by Crippen LogP contribution is -2.49. The number of carbonyl (C=O) groups excluding carboxylic acids is 2. The first-order chi connectivity index (χ1) is 14.4. The number of hydrogen-bond donors (Lipinski definition) is 0. The van der Waals surface area contributed by atoms with E-state index >= 15 is 0 Å². The fourth-order valence-corrected chi connectivity index (χ4v) is 6.51. The van der Waals surface area contributed by atoms with Crippen LogP contribution in [0.1, 0.15) is 19.4 Å². The third-order valence-electron chi connectivity index (χ3n) is 4.91. The van der Waals surface area contributed by atoms with E-state index in [4.69, 9.17) is 4.74 Å². The van der Waals surface area contributed by atoms with E-state index < -0.39 is 10.3 Å². The van der Waals surface area contributed by atoms with Crippen LogP contribution in [-0.2, 0) is 14.3 Å². The lowest BCUT2D eigenvalue weighted by Gasteiger charge is -2.41. The Hall–Kier alpha value is -2.71. The van der Waals surface area contributed by atoms with Crippen molar-refractivity contribution >= 4 is 51.7 Å². The highest BCUT2D eigenvalue weighted by molar-refractivity contribution is 8.29. The van der Waals surface area contributed by atoms with Crippen LogP contribution in [-0.4, -0.2) is 28.2 Å². The fourth-order valence-electron chi connectivity index (χ4n) is 3.55. The quantitative estimate of drug-likeness (QED) is 0.639. The number of methoxy groups -OCH3 is 1. The molecule has 1 unspecified atom stereocenters. The summed E-state index contributed by atoms with van der Waals surface area (Å²) in [6.45, 7) is 5.49. The number of ether oxygens (including phenoxy) is 1. The Morgan fingerprint density at radius 1 is 1.00 bits per heavy atom. The van der Waals surface area contributed by atoms with Crippen molar-refractivity contribution in [2.45, 2.75) is 25.1 Å². The number of anilines is 2. The number of aryl methyl sites for hydroxylation is 1. The SMILES string of the molecule is COC(=O)C1=NN(c2ccccc2C)C2(S1)SC(C(C)=O)=C(C)N2c1ccccc1. The van der Waals surface area contributed by atoms with Crippen LogP contribution in [0.15, 0.2) is 70.3 Å². The molecule has 2 aromatic carbocycles. The lowest BCUT2D eigenvalue weighted by molar-refractivity contribution is -0.132. The fraction of sp³-hybridized carbons (Fsp3) is 0.227. The van der Waals surface area contributed by atoms with Gasteiger partial charge in [0.2, 0.25) is 9.37 Å². The van der Waals surface area contributed by atoms with Crippen LogP contribution in [0.25, 0.3) is 0 Å². The zero-order chi connectivity index (χ0) is 21.5. The molecule has 30 heavy (non-hydrogen) atoms. The van der Waals surface area contributed by atoms with Crippen LogP contribution in [0.5, 0.6) is 0 Å². The molecular formula is C22H21N3O3S2. The number of nitrogens with zero attached hydrogens (tertiary/aromatic N) is 3. The first-order valence-corrected chi connectivity index (χ1v) is 11.0. The van der Waals surface area contributed by atoms with Crippen LogP contribution < -0.4 is 9.91 Å². The van der Waals surface area contributed by atoms with E-state index in [9.17, 15) is 9.59 Å². The smallest absolute Gasteiger partial charge is 0.365 e. The molecule has 2 aliphatic rings. The van der Waals surface area contributed by atoms with Crippen LogP contribution in [0.3, 0.4) is 0 Å². The molecule has 2 aliphatic heterocycles. The Morgan fingerprint density at radius 2 is 1.67 bits per heavy atom. The topological polar surface area (TPSA) is 62.2 Å². The molecule has 0 aliphatic carbocycles. The van der Waals surface area contributed by atoms with E-state index in [1.807, 2.05) is 73.5 Å². The second kappa shape index (κ2) is 7.85. The van der Waals surface area contributed by atoms with Gasteiger partial charge in [-0.2, -0.15) is 5.10 Å². The molecule has 0 saturated heterocycles. The molecule has 0 aromatic heterocycles. The van der Waals surface area contributed by atoms with Gasteiger partial charge in [-0.05, 0) is 56.3 Å². The van der Waals surface area contributed by atoms with E-state index in [0.29, 0.717) is 4.91 Å². The minimum Gasteiger partial charge on any atom is -0.464 e. The number of hydrogen-bond acceptors (Lipinski definition) is 8. The molecule has 6 nitrogen and oxygen atoms in total. The number of ketones is 1. The van der Waals surface area contributed by atoms with Gasteiger partial charge in [-0.25, -0.2) is 9.80 Å². The van der Waals surface area contributed by atoms with Gasteiger partial charge in [0.25, 0.3) is 0 Å². The maximum absolute atomic E-state index is 12.5. The third-order valence-corrected chi connectivity index (χ3v) is 7.88. The Morgan fingerprint density at radius 3 is 2.30 bits per heavy atom. The molecule has 0 N–H and O–H groups in total. The minimum atomic E-state index is -0.901. The predicted molar refractivity (Wildman–Crippen MR) is 123 cm³/mol. The van der Waals surface area contributed by atoms with Crippen LogP contribution in [0, 0.1) is 6.92 Å². The number of Topliss-reactive ketones (excluding diaryl/α,β-unsaturated/α-hetero) is 1. The van der Waals surface area contributed by atoms with Gasteiger partial charge in [0.1, 0.15) is 0 Å². The molecule has 0 fully saturated rings. The van der Waals surface area contributed by atoms with Crippen molar-refractivity contribution in [1.82, 2.24) is 0 Å². The first kappa shape index (κ1) is 20.6.